The highest BCUT2D eigenvalue weighted by molar-refractivity contribution is 5.73. The van der Waals surface area contributed by atoms with E-state index in [-0.39, 0.29) is 12.5 Å². The Labute approximate surface area is 81.9 Å². The highest BCUT2D eigenvalue weighted by atomic mass is 16.3. The van der Waals surface area contributed by atoms with Gasteiger partial charge in [0.05, 0.1) is 24.8 Å². The third-order valence-corrected chi connectivity index (χ3v) is 2.36. The highest BCUT2D eigenvalue weighted by Crippen LogP contribution is 2.10. The monoisotopic (exact) mass is 204 g/mol. The number of rotatable bonds is 2. The lowest BCUT2D eigenvalue weighted by Gasteiger charge is -2.37. The number of carbonyl (C=O) groups excluding carboxylic acids is 1. The van der Waals surface area contributed by atoms with E-state index < -0.39 is 24.3 Å². The molecule has 1 rings (SSSR count). The molecule has 1 amide bonds. The molecule has 1 aliphatic heterocycles. The summed E-state index contributed by atoms with van der Waals surface area (Å²) >= 11 is 0. The predicted molar refractivity (Wildman–Crippen MR) is 48.5 cm³/mol. The van der Waals surface area contributed by atoms with E-state index in [2.05, 4.69) is 10.6 Å². The van der Waals surface area contributed by atoms with Crippen molar-refractivity contribution < 1.29 is 20.1 Å². The van der Waals surface area contributed by atoms with E-state index >= 15 is 0 Å². The number of hydrogen-bond acceptors (Lipinski definition) is 5. The Morgan fingerprint density at radius 3 is 2.64 bits per heavy atom. The fourth-order valence-corrected chi connectivity index (χ4v) is 1.57. The molecule has 0 aromatic heterocycles. The van der Waals surface area contributed by atoms with Gasteiger partial charge in [-0.1, -0.05) is 0 Å². The van der Waals surface area contributed by atoms with E-state index in [9.17, 15) is 15.0 Å². The second kappa shape index (κ2) is 4.70. The molecular weight excluding hydrogens is 188 g/mol. The SMILES string of the molecule is CC(=O)N[C@@H]1CNC(CO)[C@@H](O)C1O. The van der Waals surface area contributed by atoms with E-state index in [0.717, 1.165) is 0 Å². The van der Waals surface area contributed by atoms with Gasteiger partial charge in [0.2, 0.25) is 5.91 Å². The molecule has 0 aromatic carbocycles. The number of aliphatic hydroxyl groups is 3. The maximum absolute atomic E-state index is 10.7. The quantitative estimate of drug-likeness (QED) is 0.334. The van der Waals surface area contributed by atoms with Gasteiger partial charge < -0.3 is 26.0 Å². The molecule has 82 valence electrons. The summed E-state index contributed by atoms with van der Waals surface area (Å²) in [5.41, 5.74) is 0. The van der Waals surface area contributed by atoms with Crippen LogP contribution in [0.1, 0.15) is 6.92 Å². The van der Waals surface area contributed by atoms with Crippen molar-refractivity contribution in [3.63, 3.8) is 0 Å². The van der Waals surface area contributed by atoms with Crippen molar-refractivity contribution in [2.45, 2.75) is 31.2 Å². The molecule has 0 aliphatic carbocycles. The van der Waals surface area contributed by atoms with Gasteiger partial charge in [-0.05, 0) is 0 Å². The van der Waals surface area contributed by atoms with E-state index in [1.807, 2.05) is 0 Å². The summed E-state index contributed by atoms with van der Waals surface area (Å²) in [4.78, 5) is 10.7. The Bertz CT molecular complexity index is 212. The molecule has 6 nitrogen and oxygen atoms in total. The lowest BCUT2D eigenvalue weighted by atomic mass is 9.94. The summed E-state index contributed by atoms with van der Waals surface area (Å²) in [7, 11) is 0. The first-order chi connectivity index (χ1) is 6.56. The zero-order valence-electron chi connectivity index (χ0n) is 7.97. The van der Waals surface area contributed by atoms with Crippen LogP contribution in [0.3, 0.4) is 0 Å². The molecule has 1 saturated heterocycles. The standard InChI is InChI=1S/C8H16N2O4/c1-4(12)10-5-2-9-6(3-11)8(14)7(5)13/h5-9,11,13-14H,2-3H2,1H3,(H,10,12)/t5-,6?,7?,8-/m1/s1. The molecule has 1 heterocycles. The fraction of sp³-hybridized carbons (Fsp3) is 0.875. The Kier molecular flexibility index (Phi) is 3.82. The Morgan fingerprint density at radius 1 is 1.50 bits per heavy atom. The summed E-state index contributed by atoms with van der Waals surface area (Å²) < 4.78 is 0. The van der Waals surface area contributed by atoms with Crippen LogP contribution in [-0.2, 0) is 4.79 Å². The van der Waals surface area contributed by atoms with Crippen LogP contribution in [0, 0.1) is 0 Å². The van der Waals surface area contributed by atoms with Crippen LogP contribution in [0.2, 0.25) is 0 Å². The van der Waals surface area contributed by atoms with Gasteiger partial charge in [-0.3, -0.25) is 4.79 Å². The molecule has 1 aliphatic rings. The van der Waals surface area contributed by atoms with Crippen molar-refractivity contribution in [1.82, 2.24) is 10.6 Å². The minimum Gasteiger partial charge on any atom is -0.395 e. The number of amides is 1. The van der Waals surface area contributed by atoms with Crippen molar-refractivity contribution >= 4 is 5.91 Å². The first-order valence-electron chi connectivity index (χ1n) is 4.53. The summed E-state index contributed by atoms with van der Waals surface area (Å²) in [5.74, 6) is -0.259. The van der Waals surface area contributed by atoms with Gasteiger partial charge in [-0.15, -0.1) is 0 Å². The molecule has 0 aromatic rings. The Morgan fingerprint density at radius 2 is 2.14 bits per heavy atom. The van der Waals surface area contributed by atoms with E-state index in [1.165, 1.54) is 6.92 Å². The van der Waals surface area contributed by atoms with Crippen LogP contribution in [0.15, 0.2) is 0 Å². The maximum atomic E-state index is 10.7. The van der Waals surface area contributed by atoms with Crippen molar-refractivity contribution in [3.8, 4) is 0 Å². The van der Waals surface area contributed by atoms with Gasteiger partial charge in [0.1, 0.15) is 6.10 Å². The number of aliphatic hydroxyl groups excluding tert-OH is 3. The van der Waals surface area contributed by atoms with Crippen LogP contribution in [0.5, 0.6) is 0 Å². The average Bonchev–Trinajstić information content (AvgIpc) is 2.13. The van der Waals surface area contributed by atoms with Gasteiger partial charge in [0, 0.05) is 13.5 Å². The molecule has 6 heteroatoms. The third kappa shape index (κ3) is 2.42. The largest absolute Gasteiger partial charge is 0.395 e. The van der Waals surface area contributed by atoms with Crippen molar-refractivity contribution in [2.24, 2.45) is 0 Å². The van der Waals surface area contributed by atoms with Crippen molar-refractivity contribution in [2.75, 3.05) is 13.2 Å². The molecule has 1 fully saturated rings. The van der Waals surface area contributed by atoms with Gasteiger partial charge in [-0.25, -0.2) is 0 Å². The number of carbonyl (C=O) groups is 1. The molecule has 0 spiro atoms. The summed E-state index contributed by atoms with van der Waals surface area (Å²) in [6.07, 6.45) is -2.11. The molecule has 0 radical (unpaired) electrons. The lowest BCUT2D eigenvalue weighted by molar-refractivity contribution is -0.122. The first-order valence-corrected chi connectivity index (χ1v) is 4.53. The number of piperidine rings is 1. The Hall–Kier alpha value is -0.690. The number of nitrogens with one attached hydrogen (secondary N) is 2. The molecule has 5 N–H and O–H groups in total. The zero-order chi connectivity index (χ0) is 10.7. The molecule has 0 saturated carbocycles. The Balaban J connectivity index is 2.54. The zero-order valence-corrected chi connectivity index (χ0v) is 7.97. The topological polar surface area (TPSA) is 102 Å². The minimum atomic E-state index is -1.06. The summed E-state index contributed by atoms with van der Waals surface area (Å²) in [6, 6.07) is -1.04. The summed E-state index contributed by atoms with van der Waals surface area (Å²) in [6.45, 7) is 1.44. The smallest absolute Gasteiger partial charge is 0.217 e. The van der Waals surface area contributed by atoms with E-state index in [1.54, 1.807) is 0 Å². The van der Waals surface area contributed by atoms with Crippen LogP contribution in [0.4, 0.5) is 0 Å². The van der Waals surface area contributed by atoms with Crippen LogP contribution in [-0.4, -0.2) is 58.7 Å². The first kappa shape index (κ1) is 11.4. The van der Waals surface area contributed by atoms with Crippen molar-refractivity contribution in [3.05, 3.63) is 0 Å². The van der Waals surface area contributed by atoms with Gasteiger partial charge in [-0.2, -0.15) is 0 Å². The minimum absolute atomic E-state index is 0.245. The van der Waals surface area contributed by atoms with Crippen LogP contribution in [0.25, 0.3) is 0 Å². The maximum Gasteiger partial charge on any atom is 0.217 e. The van der Waals surface area contributed by atoms with Crippen LogP contribution >= 0.6 is 0 Å². The second-order valence-electron chi connectivity index (χ2n) is 3.49. The second-order valence-corrected chi connectivity index (χ2v) is 3.49. The fourth-order valence-electron chi connectivity index (χ4n) is 1.57. The van der Waals surface area contributed by atoms with Gasteiger partial charge in [0.25, 0.3) is 0 Å². The highest BCUT2D eigenvalue weighted by Gasteiger charge is 2.36. The summed E-state index contributed by atoms with van der Waals surface area (Å²) in [5, 5.41) is 33.2. The molecule has 4 atom stereocenters. The third-order valence-electron chi connectivity index (χ3n) is 2.36. The van der Waals surface area contributed by atoms with Gasteiger partial charge in [0.15, 0.2) is 0 Å². The average molecular weight is 204 g/mol. The van der Waals surface area contributed by atoms with Crippen molar-refractivity contribution in [1.29, 1.82) is 0 Å². The molecular formula is C8H16N2O4. The van der Waals surface area contributed by atoms with E-state index in [0.29, 0.717) is 6.54 Å². The molecule has 14 heavy (non-hydrogen) atoms. The predicted octanol–water partition coefficient (Wildman–Crippen LogP) is -2.82. The number of hydrogen-bond donors (Lipinski definition) is 5. The molecule has 2 unspecified atom stereocenters. The van der Waals surface area contributed by atoms with Gasteiger partial charge >= 0.3 is 0 Å². The lowest BCUT2D eigenvalue weighted by Crippen LogP contribution is -2.65. The van der Waals surface area contributed by atoms with Crippen LogP contribution < -0.4 is 10.6 Å². The molecule has 0 bridgehead atoms. The van der Waals surface area contributed by atoms with E-state index in [4.69, 9.17) is 5.11 Å². The normalized spacial score (nSPS) is 38.0.